The number of ether oxygens (including phenoxy) is 1. The van der Waals surface area contributed by atoms with E-state index < -0.39 is 23.7 Å². The van der Waals surface area contributed by atoms with E-state index in [9.17, 15) is 22.4 Å². The standard InChI is InChI=1S/C8H3ClF4O2/c9-4-1-2-6(15-8(11,12)13)5(3-4)7(10)14/h1-3H. The normalized spacial score (nSPS) is 11.3. The van der Waals surface area contributed by atoms with Crippen LogP contribution in [0.25, 0.3) is 0 Å². The Morgan fingerprint density at radius 2 is 1.93 bits per heavy atom. The van der Waals surface area contributed by atoms with E-state index in [0.717, 1.165) is 18.2 Å². The lowest BCUT2D eigenvalue weighted by molar-refractivity contribution is -0.274. The van der Waals surface area contributed by atoms with E-state index in [0.29, 0.717) is 0 Å². The molecule has 2 nitrogen and oxygen atoms in total. The summed E-state index contributed by atoms with van der Waals surface area (Å²) in [7, 11) is 0. The van der Waals surface area contributed by atoms with E-state index in [1.54, 1.807) is 0 Å². The Kier molecular flexibility index (Phi) is 3.18. The minimum Gasteiger partial charge on any atom is -0.405 e. The van der Waals surface area contributed by atoms with E-state index in [1.165, 1.54) is 0 Å². The third-order valence-corrected chi connectivity index (χ3v) is 1.61. The number of carbonyl (C=O) groups is 1. The van der Waals surface area contributed by atoms with Crippen molar-refractivity contribution < 1.29 is 27.1 Å². The minimum atomic E-state index is -4.99. The van der Waals surface area contributed by atoms with Crippen LogP contribution in [0.1, 0.15) is 10.4 Å². The molecule has 0 aromatic heterocycles. The first-order chi connectivity index (χ1) is 6.79. The van der Waals surface area contributed by atoms with Crippen LogP contribution >= 0.6 is 11.6 Å². The van der Waals surface area contributed by atoms with Crippen LogP contribution in [0.2, 0.25) is 5.02 Å². The molecule has 7 heteroatoms. The van der Waals surface area contributed by atoms with Gasteiger partial charge in [-0.3, -0.25) is 4.79 Å². The summed E-state index contributed by atoms with van der Waals surface area (Å²) in [4.78, 5) is 10.3. The van der Waals surface area contributed by atoms with Crippen molar-refractivity contribution in [2.45, 2.75) is 6.36 Å². The highest BCUT2D eigenvalue weighted by Crippen LogP contribution is 2.29. The van der Waals surface area contributed by atoms with Gasteiger partial charge in [0.2, 0.25) is 0 Å². The molecule has 0 amide bonds. The third kappa shape index (κ3) is 3.39. The Hall–Kier alpha value is -1.30. The predicted molar refractivity (Wildman–Crippen MR) is 43.6 cm³/mol. The molecule has 0 aliphatic carbocycles. The van der Waals surface area contributed by atoms with Gasteiger partial charge in [-0.05, 0) is 18.2 Å². The largest absolute Gasteiger partial charge is 0.573 e. The lowest BCUT2D eigenvalue weighted by atomic mass is 10.2. The van der Waals surface area contributed by atoms with Gasteiger partial charge in [0.1, 0.15) is 5.75 Å². The Morgan fingerprint density at radius 1 is 1.33 bits per heavy atom. The second kappa shape index (κ2) is 4.06. The van der Waals surface area contributed by atoms with E-state index in [4.69, 9.17) is 11.6 Å². The van der Waals surface area contributed by atoms with Crippen molar-refractivity contribution in [3.8, 4) is 5.75 Å². The highest BCUT2D eigenvalue weighted by molar-refractivity contribution is 6.31. The van der Waals surface area contributed by atoms with Crippen LogP contribution in [0.4, 0.5) is 17.6 Å². The van der Waals surface area contributed by atoms with Crippen molar-refractivity contribution >= 4 is 17.6 Å². The van der Waals surface area contributed by atoms with E-state index in [2.05, 4.69) is 4.74 Å². The fraction of sp³-hybridized carbons (Fsp3) is 0.125. The zero-order valence-electron chi connectivity index (χ0n) is 6.94. The van der Waals surface area contributed by atoms with Gasteiger partial charge < -0.3 is 4.74 Å². The highest BCUT2D eigenvalue weighted by atomic mass is 35.5. The van der Waals surface area contributed by atoms with Crippen molar-refractivity contribution in [3.63, 3.8) is 0 Å². The molecule has 0 saturated carbocycles. The maximum absolute atomic E-state index is 12.3. The molecular weight excluding hydrogens is 240 g/mol. The van der Waals surface area contributed by atoms with Crippen LogP contribution in [-0.4, -0.2) is 12.4 Å². The van der Waals surface area contributed by atoms with Gasteiger partial charge in [-0.25, -0.2) is 0 Å². The first kappa shape index (κ1) is 11.8. The van der Waals surface area contributed by atoms with Crippen LogP contribution < -0.4 is 4.74 Å². The van der Waals surface area contributed by atoms with Gasteiger partial charge in [0.05, 0.1) is 5.56 Å². The molecule has 15 heavy (non-hydrogen) atoms. The van der Waals surface area contributed by atoms with Gasteiger partial charge in [0, 0.05) is 5.02 Å². The molecule has 0 N–H and O–H groups in total. The summed E-state index contributed by atoms with van der Waals surface area (Å²) in [6, 6.07) is 0.527. The topological polar surface area (TPSA) is 26.3 Å². The van der Waals surface area contributed by atoms with E-state index in [1.807, 2.05) is 0 Å². The molecule has 0 fully saturated rings. The van der Waals surface area contributed by atoms with Crippen LogP contribution in [0.3, 0.4) is 0 Å². The van der Waals surface area contributed by atoms with Crippen LogP contribution in [-0.2, 0) is 0 Å². The fourth-order valence-corrected chi connectivity index (χ4v) is 1.04. The molecule has 0 atom stereocenters. The van der Waals surface area contributed by atoms with Gasteiger partial charge in [-0.2, -0.15) is 4.39 Å². The lowest BCUT2D eigenvalue weighted by Gasteiger charge is -2.10. The summed E-state index contributed by atoms with van der Waals surface area (Å²) in [6.07, 6.45) is -4.99. The first-order valence-corrected chi connectivity index (χ1v) is 3.92. The van der Waals surface area contributed by atoms with Crippen LogP contribution in [0, 0.1) is 0 Å². The van der Waals surface area contributed by atoms with Crippen LogP contribution in [0.5, 0.6) is 5.75 Å². The monoisotopic (exact) mass is 242 g/mol. The molecule has 82 valence electrons. The zero-order valence-corrected chi connectivity index (χ0v) is 7.69. The van der Waals surface area contributed by atoms with Gasteiger partial charge in [-0.1, -0.05) is 11.6 Å². The molecule has 0 spiro atoms. The molecule has 0 radical (unpaired) electrons. The SMILES string of the molecule is O=C(F)c1cc(Cl)ccc1OC(F)(F)F. The van der Waals surface area contributed by atoms with E-state index in [-0.39, 0.29) is 5.02 Å². The molecule has 1 aromatic rings. The Bertz CT molecular complexity index is 389. The third-order valence-electron chi connectivity index (χ3n) is 1.38. The molecule has 0 heterocycles. The van der Waals surface area contributed by atoms with Gasteiger partial charge in [0.15, 0.2) is 0 Å². The second-order valence-corrected chi connectivity index (χ2v) is 2.90. The lowest BCUT2D eigenvalue weighted by Crippen LogP contribution is -2.18. The molecule has 1 rings (SSSR count). The Labute approximate surface area is 86.4 Å². The van der Waals surface area contributed by atoms with Crippen molar-refractivity contribution in [1.29, 1.82) is 0 Å². The maximum atomic E-state index is 12.3. The first-order valence-electron chi connectivity index (χ1n) is 3.55. The second-order valence-electron chi connectivity index (χ2n) is 2.46. The summed E-state index contributed by atoms with van der Waals surface area (Å²) >= 11 is 5.38. The molecule has 0 aliphatic rings. The highest BCUT2D eigenvalue weighted by Gasteiger charge is 2.33. The average Bonchev–Trinajstić information content (AvgIpc) is 2.05. The molecule has 0 saturated heterocycles. The number of hydrogen-bond donors (Lipinski definition) is 0. The number of halogens is 5. The molecule has 0 unspecified atom stereocenters. The summed E-state index contributed by atoms with van der Waals surface area (Å²) < 4.78 is 51.1. The quantitative estimate of drug-likeness (QED) is 0.587. The Morgan fingerprint density at radius 3 is 2.40 bits per heavy atom. The number of alkyl halides is 3. The number of hydrogen-bond acceptors (Lipinski definition) is 2. The van der Waals surface area contributed by atoms with Crippen molar-refractivity contribution in [2.24, 2.45) is 0 Å². The van der Waals surface area contributed by atoms with Crippen molar-refractivity contribution in [2.75, 3.05) is 0 Å². The van der Waals surface area contributed by atoms with Crippen molar-refractivity contribution in [1.82, 2.24) is 0 Å². The number of benzene rings is 1. The smallest absolute Gasteiger partial charge is 0.405 e. The number of rotatable bonds is 2. The summed E-state index contributed by atoms with van der Waals surface area (Å²) in [5, 5.41) is -0.0643. The zero-order chi connectivity index (χ0) is 11.6. The minimum absolute atomic E-state index is 0.0643. The molecule has 0 bridgehead atoms. The summed E-state index contributed by atoms with van der Waals surface area (Å²) in [5.41, 5.74) is -0.861. The Balaban J connectivity index is 3.12. The summed E-state index contributed by atoms with van der Waals surface area (Å²) in [5.74, 6) is -0.917. The van der Waals surface area contributed by atoms with Gasteiger partial charge in [0.25, 0.3) is 0 Å². The van der Waals surface area contributed by atoms with Crippen LogP contribution in [0.15, 0.2) is 18.2 Å². The van der Waals surface area contributed by atoms with Gasteiger partial charge >= 0.3 is 12.4 Å². The fourth-order valence-electron chi connectivity index (χ4n) is 0.869. The average molecular weight is 243 g/mol. The number of carbonyl (C=O) groups excluding carboxylic acids is 1. The molecular formula is C8H3ClF4O2. The predicted octanol–water partition coefficient (Wildman–Crippen LogP) is 3.35. The summed E-state index contributed by atoms with van der Waals surface area (Å²) in [6.45, 7) is 0. The molecule has 0 aliphatic heterocycles. The van der Waals surface area contributed by atoms with Gasteiger partial charge in [-0.15, -0.1) is 13.2 Å². The molecule has 1 aromatic carbocycles. The van der Waals surface area contributed by atoms with E-state index >= 15 is 0 Å². The maximum Gasteiger partial charge on any atom is 0.573 e. The van der Waals surface area contributed by atoms with Crippen molar-refractivity contribution in [3.05, 3.63) is 28.8 Å².